The molecule has 0 spiro atoms. The Morgan fingerprint density at radius 3 is 2.52 bits per heavy atom. The van der Waals surface area contributed by atoms with Gasteiger partial charge in [-0.15, -0.1) is 11.8 Å². The van der Waals surface area contributed by atoms with E-state index in [1.54, 1.807) is 17.8 Å². The molecule has 0 fully saturated rings. The maximum atomic E-state index is 9.85. The van der Waals surface area contributed by atoms with Crippen molar-refractivity contribution in [3.05, 3.63) is 65.9 Å². The molecule has 3 rings (SSSR count). The van der Waals surface area contributed by atoms with E-state index in [4.69, 9.17) is 0 Å². The molecular weight excluding hydrogens is 278 g/mol. The number of fused-ring (bicyclic) bond motifs is 1. The summed E-state index contributed by atoms with van der Waals surface area (Å²) in [5, 5.41) is 10.8. The van der Waals surface area contributed by atoms with Gasteiger partial charge < -0.3 is 5.11 Å². The summed E-state index contributed by atoms with van der Waals surface area (Å²) in [6.45, 7) is 0. The molecule has 0 aliphatic carbocycles. The molecular formula is C18H15NOS. The van der Waals surface area contributed by atoms with E-state index in [1.807, 2.05) is 36.4 Å². The Hall–Kier alpha value is -2.26. The Labute approximate surface area is 128 Å². The fourth-order valence-corrected chi connectivity index (χ4v) is 2.54. The van der Waals surface area contributed by atoms with Crippen LogP contribution in [0, 0.1) is 0 Å². The highest BCUT2D eigenvalue weighted by Crippen LogP contribution is 2.23. The highest BCUT2D eigenvalue weighted by Gasteiger charge is 2.00. The number of rotatable bonds is 3. The van der Waals surface area contributed by atoms with Crippen LogP contribution in [0.3, 0.4) is 0 Å². The summed E-state index contributed by atoms with van der Waals surface area (Å²) in [5.41, 5.74) is 2.60. The van der Waals surface area contributed by atoms with Crippen LogP contribution in [0.5, 0.6) is 5.75 Å². The van der Waals surface area contributed by atoms with E-state index in [-0.39, 0.29) is 5.75 Å². The average molecular weight is 293 g/mol. The molecule has 1 aromatic heterocycles. The zero-order chi connectivity index (χ0) is 14.7. The average Bonchev–Trinajstić information content (AvgIpc) is 2.54. The summed E-state index contributed by atoms with van der Waals surface area (Å²) in [7, 11) is 0. The lowest BCUT2D eigenvalue weighted by molar-refractivity contribution is 0.480. The minimum absolute atomic E-state index is 0.215. The second-order valence-electron chi connectivity index (χ2n) is 4.69. The number of aromatic hydroxyl groups is 1. The first-order chi connectivity index (χ1) is 10.3. The van der Waals surface area contributed by atoms with Gasteiger partial charge in [-0.2, -0.15) is 0 Å². The van der Waals surface area contributed by atoms with Gasteiger partial charge in [-0.1, -0.05) is 36.4 Å². The van der Waals surface area contributed by atoms with Gasteiger partial charge >= 0.3 is 0 Å². The summed E-state index contributed by atoms with van der Waals surface area (Å²) < 4.78 is 0. The molecule has 0 unspecified atom stereocenters. The van der Waals surface area contributed by atoms with E-state index < -0.39 is 0 Å². The molecule has 21 heavy (non-hydrogen) atoms. The smallest absolute Gasteiger partial charge is 0.141 e. The number of benzene rings is 2. The van der Waals surface area contributed by atoms with Gasteiger partial charge in [0.05, 0.1) is 5.69 Å². The Kier molecular flexibility index (Phi) is 3.93. The third kappa shape index (κ3) is 3.09. The summed E-state index contributed by atoms with van der Waals surface area (Å²) in [6, 6.07) is 17.7. The van der Waals surface area contributed by atoms with Crippen molar-refractivity contribution in [3.63, 3.8) is 0 Å². The van der Waals surface area contributed by atoms with Gasteiger partial charge in [0, 0.05) is 10.3 Å². The van der Waals surface area contributed by atoms with Crippen molar-refractivity contribution in [1.29, 1.82) is 0 Å². The van der Waals surface area contributed by atoms with Crippen molar-refractivity contribution < 1.29 is 5.11 Å². The first-order valence-corrected chi connectivity index (χ1v) is 7.89. The molecule has 3 heteroatoms. The normalized spacial score (nSPS) is 11.3. The summed E-state index contributed by atoms with van der Waals surface area (Å²) in [4.78, 5) is 5.73. The monoisotopic (exact) mass is 293 g/mol. The molecule has 104 valence electrons. The topological polar surface area (TPSA) is 33.1 Å². The number of aromatic nitrogens is 1. The molecule has 0 atom stereocenters. The SMILES string of the molecule is CSc1ccc(/C=C/c2ccc3cccc(O)c3n2)cc1. The number of hydrogen-bond acceptors (Lipinski definition) is 3. The van der Waals surface area contributed by atoms with Crippen LogP contribution in [0.15, 0.2) is 59.5 Å². The van der Waals surface area contributed by atoms with Gasteiger partial charge in [-0.25, -0.2) is 4.98 Å². The molecule has 0 radical (unpaired) electrons. The third-order valence-electron chi connectivity index (χ3n) is 3.28. The van der Waals surface area contributed by atoms with Crippen LogP contribution in [0.25, 0.3) is 23.1 Å². The molecule has 0 aliphatic rings. The predicted molar refractivity (Wildman–Crippen MR) is 90.6 cm³/mol. The van der Waals surface area contributed by atoms with Crippen molar-refractivity contribution in [2.75, 3.05) is 6.26 Å². The Balaban J connectivity index is 1.89. The number of phenolic OH excluding ortho intramolecular Hbond substituents is 1. The summed E-state index contributed by atoms with van der Waals surface area (Å²) >= 11 is 1.73. The lowest BCUT2D eigenvalue weighted by Gasteiger charge is -2.01. The zero-order valence-electron chi connectivity index (χ0n) is 11.7. The van der Waals surface area contributed by atoms with Gasteiger partial charge in [0.1, 0.15) is 11.3 Å². The lowest BCUT2D eigenvalue weighted by Crippen LogP contribution is -1.83. The standard InChI is InChI=1S/C18H15NOS/c1-21-16-11-6-13(7-12-16)5-9-15-10-8-14-3-2-4-17(20)18(14)19-15/h2-12,20H,1H3/b9-5+. The maximum Gasteiger partial charge on any atom is 0.141 e. The van der Waals surface area contributed by atoms with E-state index in [2.05, 4.69) is 35.5 Å². The Morgan fingerprint density at radius 2 is 1.76 bits per heavy atom. The molecule has 3 aromatic rings. The van der Waals surface area contributed by atoms with Gasteiger partial charge in [-0.3, -0.25) is 0 Å². The lowest BCUT2D eigenvalue weighted by atomic mass is 10.1. The second-order valence-corrected chi connectivity index (χ2v) is 5.57. The second kappa shape index (κ2) is 6.02. The van der Waals surface area contributed by atoms with Gasteiger partial charge in [0.2, 0.25) is 0 Å². The summed E-state index contributed by atoms with van der Waals surface area (Å²) in [5.74, 6) is 0.215. The highest BCUT2D eigenvalue weighted by atomic mass is 32.2. The first kappa shape index (κ1) is 13.7. The largest absolute Gasteiger partial charge is 0.506 e. The van der Waals surface area contributed by atoms with Gasteiger partial charge in [0.25, 0.3) is 0 Å². The number of para-hydroxylation sites is 1. The zero-order valence-corrected chi connectivity index (χ0v) is 12.5. The van der Waals surface area contributed by atoms with Crippen molar-refractivity contribution >= 4 is 34.8 Å². The van der Waals surface area contributed by atoms with Crippen molar-refractivity contribution in [1.82, 2.24) is 4.98 Å². The van der Waals surface area contributed by atoms with Crippen LogP contribution in [-0.4, -0.2) is 16.3 Å². The van der Waals surface area contributed by atoms with Gasteiger partial charge in [-0.05, 0) is 42.2 Å². The number of phenols is 1. The summed E-state index contributed by atoms with van der Waals surface area (Å²) in [6.07, 6.45) is 6.05. The van der Waals surface area contributed by atoms with E-state index in [0.29, 0.717) is 5.52 Å². The van der Waals surface area contributed by atoms with Crippen LogP contribution >= 0.6 is 11.8 Å². The molecule has 0 aliphatic heterocycles. The first-order valence-electron chi connectivity index (χ1n) is 6.67. The van der Waals surface area contributed by atoms with E-state index >= 15 is 0 Å². The number of hydrogen-bond donors (Lipinski definition) is 1. The number of nitrogens with zero attached hydrogens (tertiary/aromatic N) is 1. The van der Waals surface area contributed by atoms with E-state index in [1.165, 1.54) is 4.90 Å². The maximum absolute atomic E-state index is 9.85. The molecule has 0 bridgehead atoms. The molecule has 2 aromatic carbocycles. The van der Waals surface area contributed by atoms with Gasteiger partial charge in [0.15, 0.2) is 0 Å². The Morgan fingerprint density at radius 1 is 0.952 bits per heavy atom. The highest BCUT2D eigenvalue weighted by molar-refractivity contribution is 7.98. The fourth-order valence-electron chi connectivity index (χ4n) is 2.14. The minimum Gasteiger partial charge on any atom is -0.506 e. The van der Waals surface area contributed by atoms with Crippen LogP contribution in [0.1, 0.15) is 11.3 Å². The molecule has 0 saturated carbocycles. The van der Waals surface area contributed by atoms with Crippen molar-refractivity contribution in [3.8, 4) is 5.75 Å². The van der Waals surface area contributed by atoms with Crippen LogP contribution in [0.2, 0.25) is 0 Å². The predicted octanol–water partition coefficient (Wildman–Crippen LogP) is 4.83. The van der Waals surface area contributed by atoms with Crippen LogP contribution < -0.4 is 0 Å². The van der Waals surface area contributed by atoms with Crippen molar-refractivity contribution in [2.45, 2.75) is 4.90 Å². The number of thioether (sulfide) groups is 1. The molecule has 0 amide bonds. The Bertz CT molecular complexity index is 794. The van der Waals surface area contributed by atoms with E-state index in [0.717, 1.165) is 16.6 Å². The molecule has 0 saturated heterocycles. The van der Waals surface area contributed by atoms with Crippen LogP contribution in [-0.2, 0) is 0 Å². The van der Waals surface area contributed by atoms with Crippen LogP contribution in [0.4, 0.5) is 0 Å². The van der Waals surface area contributed by atoms with Crippen molar-refractivity contribution in [2.24, 2.45) is 0 Å². The molecule has 1 N–H and O–H groups in total. The quantitative estimate of drug-likeness (QED) is 0.702. The van der Waals surface area contributed by atoms with E-state index in [9.17, 15) is 5.11 Å². The molecule has 2 nitrogen and oxygen atoms in total. The fraction of sp³-hybridized carbons (Fsp3) is 0.0556. The molecule has 1 heterocycles. The third-order valence-corrected chi connectivity index (χ3v) is 4.03. The minimum atomic E-state index is 0.215. The number of pyridine rings is 1.